The van der Waals surface area contributed by atoms with Crippen molar-refractivity contribution >= 4 is 64.5 Å². The van der Waals surface area contributed by atoms with Gasteiger partial charge in [-0.3, -0.25) is 14.5 Å². The average molecular weight is 568 g/mol. The summed E-state index contributed by atoms with van der Waals surface area (Å²) in [7, 11) is 0. The van der Waals surface area contributed by atoms with E-state index in [-0.39, 0.29) is 27.9 Å². The van der Waals surface area contributed by atoms with E-state index in [0.717, 1.165) is 0 Å². The quantitative estimate of drug-likeness (QED) is 0.444. The molecule has 2 aromatic carbocycles. The summed E-state index contributed by atoms with van der Waals surface area (Å²) >= 11 is 13.5. The van der Waals surface area contributed by atoms with Gasteiger partial charge in [-0.15, -0.1) is 11.8 Å². The lowest BCUT2D eigenvalue weighted by Crippen LogP contribution is -2.53. The summed E-state index contributed by atoms with van der Waals surface area (Å²) in [5.74, 6) is -1.65. The molecule has 2 aromatic rings. The number of rotatable bonds is 7. The number of thioether (sulfide) groups is 1. The Kier molecular flexibility index (Phi) is 9.33. The predicted molar refractivity (Wildman–Crippen MR) is 143 cm³/mol. The maximum Gasteiger partial charge on any atom is 0.411 e. The van der Waals surface area contributed by atoms with Crippen LogP contribution in [0.15, 0.2) is 42.5 Å². The van der Waals surface area contributed by atoms with Gasteiger partial charge in [0.25, 0.3) is 5.91 Å². The lowest BCUT2D eigenvalue weighted by molar-refractivity contribution is -0.142. The number of carbonyl (C=O) groups excluding carboxylic acids is 3. The van der Waals surface area contributed by atoms with Gasteiger partial charge in [-0.25, -0.2) is 9.59 Å². The molecule has 2 atom stereocenters. The van der Waals surface area contributed by atoms with E-state index in [1.807, 2.05) is 0 Å². The monoisotopic (exact) mass is 567 g/mol. The number of anilines is 1. The summed E-state index contributed by atoms with van der Waals surface area (Å²) in [6.45, 7) is 5.19. The van der Waals surface area contributed by atoms with Crippen LogP contribution in [0, 0.1) is 0 Å². The normalized spacial score (nSPS) is 16.1. The fourth-order valence-corrected chi connectivity index (χ4v) is 5.21. The van der Waals surface area contributed by atoms with Gasteiger partial charge in [0.2, 0.25) is 5.91 Å². The van der Waals surface area contributed by atoms with E-state index in [0.29, 0.717) is 17.0 Å². The fourth-order valence-electron chi connectivity index (χ4n) is 3.50. The van der Waals surface area contributed by atoms with Crippen molar-refractivity contribution in [3.63, 3.8) is 0 Å². The van der Waals surface area contributed by atoms with E-state index in [2.05, 4.69) is 10.6 Å². The Hall–Kier alpha value is -2.95. The highest BCUT2D eigenvalue weighted by Gasteiger charge is 2.38. The van der Waals surface area contributed by atoms with Crippen LogP contribution in [0.5, 0.6) is 0 Å². The summed E-state index contributed by atoms with van der Waals surface area (Å²) in [5.41, 5.74) is 0.497. The fraction of sp³-hybridized carbons (Fsp3) is 0.360. The van der Waals surface area contributed by atoms with Gasteiger partial charge in [0.15, 0.2) is 0 Å². The van der Waals surface area contributed by atoms with Gasteiger partial charge in [-0.1, -0.05) is 41.4 Å². The summed E-state index contributed by atoms with van der Waals surface area (Å²) in [6.07, 6.45) is -0.627. The first-order chi connectivity index (χ1) is 17.4. The molecule has 9 nitrogen and oxygen atoms in total. The molecule has 198 valence electrons. The predicted octanol–water partition coefficient (Wildman–Crippen LogP) is 4.67. The van der Waals surface area contributed by atoms with Crippen molar-refractivity contribution < 1.29 is 29.0 Å². The first-order valence-corrected chi connectivity index (χ1v) is 13.2. The van der Waals surface area contributed by atoms with E-state index in [1.54, 1.807) is 63.2 Å². The van der Waals surface area contributed by atoms with Crippen LogP contribution in [-0.4, -0.2) is 63.2 Å². The van der Waals surface area contributed by atoms with E-state index >= 15 is 0 Å². The van der Waals surface area contributed by atoms with Crippen LogP contribution in [0.25, 0.3) is 0 Å². The van der Waals surface area contributed by atoms with E-state index < -0.39 is 41.6 Å². The third kappa shape index (κ3) is 7.77. The molecule has 1 fully saturated rings. The highest BCUT2D eigenvalue weighted by molar-refractivity contribution is 7.99. The van der Waals surface area contributed by atoms with E-state index in [1.165, 1.54) is 16.7 Å². The largest absolute Gasteiger partial charge is 0.480 e. The zero-order chi connectivity index (χ0) is 27.3. The second-order valence-electron chi connectivity index (χ2n) is 9.32. The lowest BCUT2D eigenvalue weighted by Gasteiger charge is -2.28. The van der Waals surface area contributed by atoms with Crippen molar-refractivity contribution in [3.8, 4) is 0 Å². The number of aliphatic carboxylic acids is 1. The number of carboxylic acids is 1. The Morgan fingerprint density at radius 2 is 1.73 bits per heavy atom. The van der Waals surface area contributed by atoms with Crippen molar-refractivity contribution in [3.05, 3.63) is 63.6 Å². The average Bonchev–Trinajstić information content (AvgIpc) is 3.29. The van der Waals surface area contributed by atoms with Gasteiger partial charge in [0.1, 0.15) is 17.7 Å². The number of nitrogens with zero attached hydrogens (tertiary/aromatic N) is 1. The van der Waals surface area contributed by atoms with E-state index in [9.17, 15) is 24.3 Å². The van der Waals surface area contributed by atoms with Gasteiger partial charge < -0.3 is 20.5 Å². The van der Waals surface area contributed by atoms with Crippen LogP contribution in [0.3, 0.4) is 0 Å². The highest BCUT2D eigenvalue weighted by atomic mass is 35.5. The molecule has 1 saturated heterocycles. The van der Waals surface area contributed by atoms with Gasteiger partial charge in [0, 0.05) is 17.9 Å². The Bertz CT molecular complexity index is 1170. The SMILES string of the molecule is CC(C)(C)OC(=O)N1CSC[C@@H]1C(=O)N[C@H](Cc1ccc(NC(=O)c2c(Cl)cccc2Cl)cc1)C(=O)O. The molecule has 1 aliphatic heterocycles. The molecular formula is C25H27Cl2N3O6S. The molecule has 12 heteroatoms. The molecule has 0 spiro atoms. The zero-order valence-electron chi connectivity index (χ0n) is 20.4. The molecule has 0 radical (unpaired) electrons. The zero-order valence-corrected chi connectivity index (χ0v) is 22.7. The van der Waals surface area contributed by atoms with Crippen LogP contribution in [0.4, 0.5) is 10.5 Å². The highest BCUT2D eigenvalue weighted by Crippen LogP contribution is 2.26. The Morgan fingerprint density at radius 1 is 1.11 bits per heavy atom. The van der Waals surface area contributed by atoms with Crippen molar-refractivity contribution in [1.29, 1.82) is 0 Å². The first kappa shape index (κ1) is 28.6. The molecule has 0 unspecified atom stereocenters. The number of benzene rings is 2. The number of amides is 3. The van der Waals surface area contributed by atoms with E-state index in [4.69, 9.17) is 27.9 Å². The topological polar surface area (TPSA) is 125 Å². The maximum absolute atomic E-state index is 12.9. The number of nitrogens with one attached hydrogen (secondary N) is 2. The molecular weight excluding hydrogens is 541 g/mol. The number of halogens is 2. The summed E-state index contributed by atoms with van der Waals surface area (Å²) in [6, 6.07) is 9.19. The minimum Gasteiger partial charge on any atom is -0.480 e. The van der Waals surface area contributed by atoms with Crippen LogP contribution in [-0.2, 0) is 20.7 Å². The van der Waals surface area contributed by atoms with Crippen LogP contribution < -0.4 is 10.6 Å². The molecule has 0 bridgehead atoms. The van der Waals surface area contributed by atoms with Crippen molar-refractivity contribution in [2.75, 3.05) is 16.9 Å². The number of hydrogen-bond acceptors (Lipinski definition) is 6. The summed E-state index contributed by atoms with van der Waals surface area (Å²) in [4.78, 5) is 51.1. The van der Waals surface area contributed by atoms with Crippen LogP contribution >= 0.6 is 35.0 Å². The van der Waals surface area contributed by atoms with Crippen LogP contribution in [0.1, 0.15) is 36.7 Å². The first-order valence-electron chi connectivity index (χ1n) is 11.3. The Balaban J connectivity index is 1.63. The molecule has 0 saturated carbocycles. The van der Waals surface area contributed by atoms with Crippen molar-refractivity contribution in [1.82, 2.24) is 10.2 Å². The molecule has 0 aliphatic carbocycles. The molecule has 3 amide bonds. The van der Waals surface area contributed by atoms with Crippen LogP contribution in [0.2, 0.25) is 10.0 Å². The molecule has 1 aliphatic rings. The number of ether oxygens (including phenoxy) is 1. The van der Waals surface area contributed by atoms with Gasteiger partial charge >= 0.3 is 12.1 Å². The summed E-state index contributed by atoms with van der Waals surface area (Å²) < 4.78 is 5.36. The second-order valence-corrected chi connectivity index (χ2v) is 11.1. The Labute approximate surface area is 228 Å². The molecule has 37 heavy (non-hydrogen) atoms. The number of carbonyl (C=O) groups is 4. The summed E-state index contributed by atoms with van der Waals surface area (Å²) in [5, 5.41) is 15.4. The Morgan fingerprint density at radius 3 is 2.30 bits per heavy atom. The standard InChI is InChI=1S/C25H27Cl2N3O6S/c1-25(2,3)36-24(35)30-13-37-12-19(30)21(31)29-18(23(33)34)11-14-7-9-15(10-8-14)28-22(32)20-16(26)5-4-6-17(20)27/h4-10,18-19H,11-13H2,1-3H3,(H,28,32)(H,29,31)(H,33,34)/t18-,19-/m1/s1. The smallest absolute Gasteiger partial charge is 0.411 e. The maximum atomic E-state index is 12.9. The minimum absolute atomic E-state index is 0.00204. The second kappa shape index (κ2) is 12.1. The molecule has 1 heterocycles. The third-order valence-corrected chi connectivity index (χ3v) is 6.91. The van der Waals surface area contributed by atoms with Crippen molar-refractivity contribution in [2.45, 2.75) is 44.9 Å². The number of hydrogen-bond donors (Lipinski definition) is 3. The van der Waals surface area contributed by atoms with Gasteiger partial charge in [-0.05, 0) is 50.6 Å². The van der Waals surface area contributed by atoms with Gasteiger partial charge in [-0.2, -0.15) is 0 Å². The van der Waals surface area contributed by atoms with Gasteiger partial charge in [0.05, 0.1) is 21.5 Å². The lowest BCUT2D eigenvalue weighted by atomic mass is 10.0. The number of carboxylic acid groups (broad SMARTS) is 1. The third-order valence-electron chi connectivity index (χ3n) is 5.27. The molecule has 3 rings (SSSR count). The molecule has 3 N–H and O–H groups in total. The minimum atomic E-state index is -1.22. The molecule has 0 aromatic heterocycles. The van der Waals surface area contributed by atoms with Crippen molar-refractivity contribution in [2.24, 2.45) is 0 Å².